The quantitative estimate of drug-likeness (QED) is 0.461. The van der Waals surface area contributed by atoms with Crippen LogP contribution in [0.2, 0.25) is 0 Å². The molecule has 19 heavy (non-hydrogen) atoms. The van der Waals surface area contributed by atoms with E-state index in [0.717, 1.165) is 38.7 Å². The summed E-state index contributed by atoms with van der Waals surface area (Å²) in [6.45, 7) is 10.6. The lowest BCUT2D eigenvalue weighted by molar-refractivity contribution is 0.181. The molecule has 1 atom stereocenters. The highest BCUT2D eigenvalue weighted by atomic mass is 127. The molecule has 1 unspecified atom stereocenters. The third-order valence-corrected chi connectivity index (χ3v) is 3.29. The monoisotopic (exact) mass is 383 g/mol. The summed E-state index contributed by atoms with van der Waals surface area (Å²) in [5.74, 6) is 1.64. The van der Waals surface area contributed by atoms with Crippen molar-refractivity contribution in [3.63, 3.8) is 0 Å². The second kappa shape index (κ2) is 9.00. The summed E-state index contributed by atoms with van der Waals surface area (Å²) < 4.78 is 5.41. The highest BCUT2D eigenvalue weighted by Gasteiger charge is 2.19. The Hall–Kier alpha value is -0.0400. The molecule has 1 saturated heterocycles. The van der Waals surface area contributed by atoms with Crippen molar-refractivity contribution in [3.8, 4) is 0 Å². The molecule has 0 aromatic carbocycles. The van der Waals surface area contributed by atoms with Crippen LogP contribution in [0.4, 0.5) is 0 Å². The number of rotatable bonds is 4. The molecule has 1 rings (SSSR count). The van der Waals surface area contributed by atoms with Crippen LogP contribution in [0.1, 0.15) is 33.6 Å². The summed E-state index contributed by atoms with van der Waals surface area (Å²) in [4.78, 5) is 6.55. The van der Waals surface area contributed by atoms with Gasteiger partial charge in [0.05, 0.1) is 6.61 Å². The van der Waals surface area contributed by atoms with Gasteiger partial charge >= 0.3 is 0 Å². The van der Waals surface area contributed by atoms with Gasteiger partial charge in [0.2, 0.25) is 0 Å². The zero-order valence-corrected chi connectivity index (χ0v) is 15.4. The van der Waals surface area contributed by atoms with E-state index in [4.69, 9.17) is 4.74 Å². The zero-order valence-electron chi connectivity index (χ0n) is 13.0. The van der Waals surface area contributed by atoms with E-state index in [-0.39, 0.29) is 24.0 Å². The van der Waals surface area contributed by atoms with Gasteiger partial charge in [-0.2, -0.15) is 0 Å². The molecule has 0 aromatic rings. The predicted molar refractivity (Wildman–Crippen MR) is 92.4 cm³/mol. The molecule has 1 fully saturated rings. The van der Waals surface area contributed by atoms with Crippen molar-refractivity contribution in [2.24, 2.45) is 16.3 Å². The Kier molecular flexibility index (Phi) is 8.98. The molecule has 1 N–H and O–H groups in total. The average molecular weight is 383 g/mol. The SMILES string of the molecule is CN=C(NCCC(C)(C)C)N(C)CC1CCOC1.I. The standard InChI is InChI=1S/C14H29N3O.HI/c1-14(2,3)7-8-16-13(15-4)17(5)10-12-6-9-18-11-12;/h12H,6-11H2,1-5H3,(H,15,16);1H. The number of halogens is 1. The number of nitrogens with zero attached hydrogens (tertiary/aromatic N) is 2. The number of hydrogen-bond acceptors (Lipinski definition) is 2. The van der Waals surface area contributed by atoms with E-state index in [1.807, 2.05) is 7.05 Å². The third-order valence-electron chi connectivity index (χ3n) is 3.29. The van der Waals surface area contributed by atoms with E-state index in [9.17, 15) is 0 Å². The molecular formula is C14H30IN3O. The molecule has 0 aliphatic carbocycles. The second-order valence-electron chi connectivity index (χ2n) is 6.39. The van der Waals surface area contributed by atoms with E-state index >= 15 is 0 Å². The van der Waals surface area contributed by atoms with E-state index in [2.05, 4.69) is 43.0 Å². The third kappa shape index (κ3) is 7.97. The van der Waals surface area contributed by atoms with Gasteiger partial charge in [0, 0.05) is 39.7 Å². The number of hydrogen-bond donors (Lipinski definition) is 1. The first-order chi connectivity index (χ1) is 8.42. The van der Waals surface area contributed by atoms with E-state index in [1.165, 1.54) is 6.42 Å². The average Bonchev–Trinajstić information content (AvgIpc) is 2.75. The van der Waals surface area contributed by atoms with Gasteiger partial charge in [-0.25, -0.2) is 0 Å². The van der Waals surface area contributed by atoms with E-state index in [1.54, 1.807) is 0 Å². The van der Waals surface area contributed by atoms with Crippen molar-refractivity contribution in [1.29, 1.82) is 0 Å². The maximum atomic E-state index is 5.41. The molecule has 1 aliphatic rings. The van der Waals surface area contributed by atoms with E-state index < -0.39 is 0 Å². The van der Waals surface area contributed by atoms with Crippen LogP contribution in [0.15, 0.2) is 4.99 Å². The summed E-state index contributed by atoms with van der Waals surface area (Å²) in [6, 6.07) is 0. The van der Waals surface area contributed by atoms with Crippen LogP contribution in [0.5, 0.6) is 0 Å². The fourth-order valence-electron chi connectivity index (χ4n) is 2.14. The molecule has 0 aromatic heterocycles. The van der Waals surface area contributed by atoms with Gasteiger partial charge in [0.25, 0.3) is 0 Å². The summed E-state index contributed by atoms with van der Waals surface area (Å²) in [5, 5.41) is 3.43. The smallest absolute Gasteiger partial charge is 0.193 e. The summed E-state index contributed by atoms with van der Waals surface area (Å²) in [6.07, 6.45) is 2.32. The van der Waals surface area contributed by atoms with Gasteiger partial charge < -0.3 is 15.0 Å². The Morgan fingerprint density at radius 1 is 1.42 bits per heavy atom. The number of aliphatic imine (C=N–C) groups is 1. The summed E-state index contributed by atoms with van der Waals surface area (Å²) >= 11 is 0. The molecule has 0 saturated carbocycles. The van der Waals surface area contributed by atoms with Gasteiger partial charge in [-0.15, -0.1) is 24.0 Å². The topological polar surface area (TPSA) is 36.9 Å². The largest absolute Gasteiger partial charge is 0.381 e. The van der Waals surface area contributed by atoms with Gasteiger partial charge in [-0.05, 0) is 18.3 Å². The highest BCUT2D eigenvalue weighted by molar-refractivity contribution is 14.0. The Morgan fingerprint density at radius 3 is 2.58 bits per heavy atom. The maximum absolute atomic E-state index is 5.41. The molecule has 4 nitrogen and oxygen atoms in total. The second-order valence-corrected chi connectivity index (χ2v) is 6.39. The lowest BCUT2D eigenvalue weighted by atomic mass is 9.92. The lowest BCUT2D eigenvalue weighted by Crippen LogP contribution is -2.42. The highest BCUT2D eigenvalue weighted by Crippen LogP contribution is 2.17. The van der Waals surface area contributed by atoms with Crippen molar-refractivity contribution in [3.05, 3.63) is 0 Å². The first kappa shape index (κ1) is 19.0. The molecular weight excluding hydrogens is 353 g/mol. The molecule has 0 radical (unpaired) electrons. The normalized spacial score (nSPS) is 20.1. The molecule has 114 valence electrons. The summed E-state index contributed by atoms with van der Waals surface area (Å²) in [5.41, 5.74) is 0.365. The number of ether oxygens (including phenoxy) is 1. The molecule has 1 heterocycles. The zero-order chi connectivity index (χ0) is 13.6. The minimum atomic E-state index is 0. The van der Waals surface area contributed by atoms with Gasteiger partial charge in [0.15, 0.2) is 5.96 Å². The van der Waals surface area contributed by atoms with Crippen molar-refractivity contribution in [2.75, 3.05) is 40.4 Å². The van der Waals surface area contributed by atoms with Crippen molar-refractivity contribution in [1.82, 2.24) is 10.2 Å². The molecule has 1 aliphatic heterocycles. The number of guanidine groups is 1. The minimum absolute atomic E-state index is 0. The van der Waals surface area contributed by atoms with Crippen molar-refractivity contribution < 1.29 is 4.74 Å². The van der Waals surface area contributed by atoms with Crippen LogP contribution in [0, 0.1) is 11.3 Å². The fourth-order valence-corrected chi connectivity index (χ4v) is 2.14. The van der Waals surface area contributed by atoms with Crippen LogP contribution in [0.25, 0.3) is 0 Å². The van der Waals surface area contributed by atoms with Crippen LogP contribution in [0.3, 0.4) is 0 Å². The van der Waals surface area contributed by atoms with E-state index in [0.29, 0.717) is 11.3 Å². The van der Waals surface area contributed by atoms with Crippen LogP contribution >= 0.6 is 24.0 Å². The molecule has 0 bridgehead atoms. The molecule has 0 amide bonds. The van der Waals surface area contributed by atoms with Crippen molar-refractivity contribution in [2.45, 2.75) is 33.6 Å². The van der Waals surface area contributed by atoms with Crippen LogP contribution in [-0.2, 0) is 4.74 Å². The Bertz CT molecular complexity index is 270. The Balaban J connectivity index is 0.00000324. The fraction of sp³-hybridized carbons (Fsp3) is 0.929. The minimum Gasteiger partial charge on any atom is -0.381 e. The predicted octanol–water partition coefficient (Wildman–Crippen LogP) is 2.58. The number of nitrogens with one attached hydrogen (secondary N) is 1. The lowest BCUT2D eigenvalue weighted by Gasteiger charge is -2.26. The Labute approximate surface area is 135 Å². The van der Waals surface area contributed by atoms with Gasteiger partial charge in [-0.3, -0.25) is 4.99 Å². The maximum Gasteiger partial charge on any atom is 0.193 e. The first-order valence-electron chi connectivity index (χ1n) is 6.92. The van der Waals surface area contributed by atoms with Crippen LogP contribution < -0.4 is 5.32 Å². The molecule has 5 heteroatoms. The summed E-state index contributed by atoms with van der Waals surface area (Å²) in [7, 11) is 3.95. The Morgan fingerprint density at radius 2 is 2.11 bits per heavy atom. The van der Waals surface area contributed by atoms with Gasteiger partial charge in [-0.1, -0.05) is 20.8 Å². The van der Waals surface area contributed by atoms with Crippen LogP contribution in [-0.4, -0.2) is 51.3 Å². The molecule has 0 spiro atoms. The first-order valence-corrected chi connectivity index (χ1v) is 6.92. The van der Waals surface area contributed by atoms with Crippen molar-refractivity contribution >= 4 is 29.9 Å². The van der Waals surface area contributed by atoms with Gasteiger partial charge in [0.1, 0.15) is 0 Å².